The van der Waals surface area contributed by atoms with Crippen LogP contribution in [0.25, 0.3) is 10.2 Å². The van der Waals surface area contributed by atoms with Gasteiger partial charge in [-0.2, -0.15) is 5.10 Å². The third kappa shape index (κ3) is 2.57. The summed E-state index contributed by atoms with van der Waals surface area (Å²) in [5, 5.41) is 9.02. The molecule has 0 spiro atoms. The average molecular weight is 345 g/mol. The Morgan fingerprint density at radius 2 is 2.30 bits per heavy atom. The van der Waals surface area contributed by atoms with E-state index in [-0.39, 0.29) is 11.8 Å². The molecule has 0 bridgehead atoms. The minimum absolute atomic E-state index is 0.0340. The second kappa shape index (κ2) is 5.54. The number of thiocarbonyl (C=S) groups is 1. The zero-order chi connectivity index (χ0) is 16.0. The lowest BCUT2D eigenvalue weighted by molar-refractivity contribution is -0.121. The number of carbonyl (C=O) groups excluding carboxylic acids is 1. The molecule has 4 rings (SSSR count). The molecular formula is C15H15N5OS2. The molecule has 1 amide bonds. The Morgan fingerprint density at radius 1 is 1.43 bits per heavy atom. The van der Waals surface area contributed by atoms with Crippen LogP contribution in [0.15, 0.2) is 23.3 Å². The molecule has 1 aromatic heterocycles. The van der Waals surface area contributed by atoms with Crippen LogP contribution >= 0.6 is 23.6 Å². The maximum atomic E-state index is 11.4. The van der Waals surface area contributed by atoms with Gasteiger partial charge in [-0.25, -0.2) is 10.4 Å². The number of carbonyl (C=O) groups is 1. The maximum absolute atomic E-state index is 11.4. The second-order valence-corrected chi connectivity index (χ2v) is 7.10. The number of rotatable bonds is 2. The summed E-state index contributed by atoms with van der Waals surface area (Å²) in [7, 11) is 0. The SMILES string of the molecule is CC1CC(=O)NN=C1c1ccc2sc(N3CCNC3=S)nc2c1. The first-order valence-electron chi connectivity index (χ1n) is 7.44. The van der Waals surface area contributed by atoms with E-state index in [0.717, 1.165) is 44.8 Å². The Labute approximate surface area is 142 Å². The van der Waals surface area contributed by atoms with E-state index in [1.54, 1.807) is 11.3 Å². The van der Waals surface area contributed by atoms with Crippen LogP contribution in [-0.4, -0.2) is 34.8 Å². The number of hydrazone groups is 1. The number of nitrogens with one attached hydrogen (secondary N) is 2. The van der Waals surface area contributed by atoms with Crippen molar-refractivity contribution in [3.63, 3.8) is 0 Å². The van der Waals surface area contributed by atoms with E-state index >= 15 is 0 Å². The molecule has 118 valence electrons. The van der Waals surface area contributed by atoms with E-state index in [4.69, 9.17) is 17.2 Å². The molecular weight excluding hydrogens is 330 g/mol. The number of hydrogen-bond donors (Lipinski definition) is 2. The zero-order valence-corrected chi connectivity index (χ0v) is 14.1. The number of fused-ring (bicyclic) bond motifs is 1. The molecule has 1 fully saturated rings. The zero-order valence-electron chi connectivity index (χ0n) is 12.5. The molecule has 8 heteroatoms. The van der Waals surface area contributed by atoms with E-state index in [2.05, 4.69) is 21.9 Å². The Kier molecular flexibility index (Phi) is 3.50. The third-order valence-electron chi connectivity index (χ3n) is 4.02. The number of anilines is 1. The molecule has 0 saturated carbocycles. The summed E-state index contributed by atoms with van der Waals surface area (Å²) in [5.41, 5.74) is 5.40. The lowest BCUT2D eigenvalue weighted by Crippen LogP contribution is -2.31. The Hall–Kier alpha value is -2.06. The second-order valence-electron chi connectivity index (χ2n) is 5.70. The molecule has 1 unspecified atom stereocenters. The first-order chi connectivity index (χ1) is 11.1. The Balaban J connectivity index is 1.71. The van der Waals surface area contributed by atoms with E-state index in [1.807, 2.05) is 24.0 Å². The van der Waals surface area contributed by atoms with Gasteiger partial charge in [0.05, 0.1) is 15.9 Å². The lowest BCUT2D eigenvalue weighted by atomic mass is 9.94. The van der Waals surface area contributed by atoms with Crippen molar-refractivity contribution in [1.29, 1.82) is 0 Å². The minimum atomic E-state index is -0.0340. The van der Waals surface area contributed by atoms with Crippen LogP contribution in [-0.2, 0) is 4.79 Å². The molecule has 2 N–H and O–H groups in total. The van der Waals surface area contributed by atoms with Crippen LogP contribution in [0, 0.1) is 5.92 Å². The van der Waals surface area contributed by atoms with E-state index in [1.165, 1.54) is 0 Å². The number of hydrogen-bond acceptors (Lipinski definition) is 5. The summed E-state index contributed by atoms with van der Waals surface area (Å²) in [6.07, 6.45) is 0.465. The minimum Gasteiger partial charge on any atom is -0.360 e. The van der Waals surface area contributed by atoms with Crippen LogP contribution in [0.4, 0.5) is 5.13 Å². The van der Waals surface area contributed by atoms with Gasteiger partial charge in [0.25, 0.3) is 0 Å². The van der Waals surface area contributed by atoms with Gasteiger partial charge in [0.1, 0.15) is 0 Å². The summed E-state index contributed by atoms with van der Waals surface area (Å²) in [6.45, 7) is 3.72. The number of benzene rings is 1. The number of aromatic nitrogens is 1. The normalized spacial score (nSPS) is 21.3. The fourth-order valence-electron chi connectivity index (χ4n) is 2.85. The summed E-state index contributed by atoms with van der Waals surface area (Å²) < 4.78 is 1.12. The highest BCUT2D eigenvalue weighted by atomic mass is 32.1. The molecule has 2 aliphatic heterocycles. The molecule has 0 radical (unpaired) electrons. The first kappa shape index (κ1) is 14.5. The molecule has 23 heavy (non-hydrogen) atoms. The maximum Gasteiger partial charge on any atom is 0.240 e. The summed E-state index contributed by atoms with van der Waals surface area (Å²) in [5.74, 6) is 0.0722. The summed E-state index contributed by atoms with van der Waals surface area (Å²) >= 11 is 6.94. The van der Waals surface area contributed by atoms with Gasteiger partial charge in [-0.05, 0) is 24.4 Å². The van der Waals surface area contributed by atoms with Gasteiger partial charge in [-0.15, -0.1) is 0 Å². The average Bonchev–Trinajstić information content (AvgIpc) is 3.11. The summed E-state index contributed by atoms with van der Waals surface area (Å²) in [6, 6.07) is 6.14. The molecule has 1 aromatic carbocycles. The fourth-order valence-corrected chi connectivity index (χ4v) is 4.16. The fraction of sp³-hybridized carbons (Fsp3) is 0.333. The van der Waals surface area contributed by atoms with Crippen LogP contribution in [0.5, 0.6) is 0 Å². The van der Waals surface area contributed by atoms with E-state index < -0.39 is 0 Å². The van der Waals surface area contributed by atoms with Gasteiger partial charge in [-0.1, -0.05) is 24.3 Å². The van der Waals surface area contributed by atoms with Gasteiger partial charge in [0.15, 0.2) is 10.2 Å². The van der Waals surface area contributed by atoms with Gasteiger partial charge >= 0.3 is 0 Å². The van der Waals surface area contributed by atoms with Crippen molar-refractivity contribution in [1.82, 2.24) is 15.7 Å². The molecule has 3 heterocycles. The monoisotopic (exact) mass is 345 g/mol. The Morgan fingerprint density at radius 3 is 3.04 bits per heavy atom. The van der Waals surface area contributed by atoms with Gasteiger partial charge in [0, 0.05) is 31.0 Å². The molecule has 1 atom stereocenters. The van der Waals surface area contributed by atoms with E-state index in [9.17, 15) is 4.79 Å². The van der Waals surface area contributed by atoms with Crippen molar-refractivity contribution in [2.45, 2.75) is 13.3 Å². The van der Waals surface area contributed by atoms with Crippen molar-refractivity contribution in [2.75, 3.05) is 18.0 Å². The van der Waals surface area contributed by atoms with Crippen molar-refractivity contribution in [3.8, 4) is 0 Å². The Bertz CT molecular complexity index is 844. The molecule has 2 aliphatic rings. The van der Waals surface area contributed by atoms with Crippen LogP contribution in [0.3, 0.4) is 0 Å². The molecule has 2 aromatic rings. The van der Waals surface area contributed by atoms with Gasteiger partial charge in [-0.3, -0.25) is 9.69 Å². The highest BCUT2D eigenvalue weighted by Crippen LogP contribution is 2.31. The predicted octanol–water partition coefficient (Wildman–Crippen LogP) is 1.85. The predicted molar refractivity (Wildman–Crippen MR) is 96.0 cm³/mol. The van der Waals surface area contributed by atoms with Crippen molar-refractivity contribution in [2.24, 2.45) is 11.0 Å². The highest BCUT2D eigenvalue weighted by molar-refractivity contribution is 7.80. The van der Waals surface area contributed by atoms with Crippen LogP contribution in [0.2, 0.25) is 0 Å². The first-order valence-corrected chi connectivity index (χ1v) is 8.67. The van der Waals surface area contributed by atoms with Crippen LogP contribution in [0.1, 0.15) is 18.9 Å². The molecule has 6 nitrogen and oxygen atoms in total. The molecule has 0 aliphatic carbocycles. The van der Waals surface area contributed by atoms with E-state index in [0.29, 0.717) is 6.42 Å². The quantitative estimate of drug-likeness (QED) is 0.813. The van der Waals surface area contributed by atoms with Crippen molar-refractivity contribution in [3.05, 3.63) is 23.8 Å². The lowest BCUT2D eigenvalue weighted by Gasteiger charge is -2.18. The number of thiazole rings is 1. The third-order valence-corrected chi connectivity index (χ3v) is 5.44. The standard InChI is InChI=1S/C15H15N5OS2/c1-8-6-12(21)18-19-13(8)9-2-3-11-10(7-9)17-15(23-11)20-5-4-16-14(20)22/h2-3,7-8H,4-6H2,1H3,(H,16,22)(H,18,21). The number of amides is 1. The largest absolute Gasteiger partial charge is 0.360 e. The highest BCUT2D eigenvalue weighted by Gasteiger charge is 2.24. The molecule has 1 saturated heterocycles. The van der Waals surface area contributed by atoms with Crippen LogP contribution < -0.4 is 15.6 Å². The van der Waals surface area contributed by atoms with Crippen molar-refractivity contribution >= 4 is 55.6 Å². The van der Waals surface area contributed by atoms with Gasteiger partial charge < -0.3 is 5.32 Å². The number of nitrogens with zero attached hydrogens (tertiary/aromatic N) is 3. The summed E-state index contributed by atoms with van der Waals surface area (Å²) in [4.78, 5) is 18.1. The van der Waals surface area contributed by atoms with Gasteiger partial charge in [0.2, 0.25) is 5.91 Å². The van der Waals surface area contributed by atoms with Crippen molar-refractivity contribution < 1.29 is 4.79 Å². The topological polar surface area (TPSA) is 69.6 Å². The smallest absolute Gasteiger partial charge is 0.240 e.